The maximum atomic E-state index is 13.8. The van der Waals surface area contributed by atoms with Crippen molar-refractivity contribution in [3.63, 3.8) is 0 Å². The molecule has 0 N–H and O–H groups in total. The van der Waals surface area contributed by atoms with Crippen LogP contribution in [0.2, 0.25) is 5.02 Å². The van der Waals surface area contributed by atoms with Crippen LogP contribution in [0.5, 0.6) is 0 Å². The van der Waals surface area contributed by atoms with Crippen molar-refractivity contribution >= 4 is 23.0 Å². The van der Waals surface area contributed by atoms with Crippen LogP contribution >= 0.6 is 11.6 Å². The molecule has 2 saturated carbocycles. The molecular formula is C32H37ClF3N5. The fraction of sp³-hybridized carbons (Fsp3) is 0.531. The van der Waals surface area contributed by atoms with Crippen molar-refractivity contribution in [1.82, 2.24) is 14.7 Å². The topological polar surface area (TPSA) is 27.5 Å². The summed E-state index contributed by atoms with van der Waals surface area (Å²) in [5, 5.41) is 4.77. The number of rotatable bonds is 6. The fourth-order valence-corrected chi connectivity index (χ4v) is 7.44. The second-order valence-electron chi connectivity index (χ2n) is 12.6. The molecule has 2 saturated heterocycles. The second kappa shape index (κ2) is 10.2. The van der Waals surface area contributed by atoms with Gasteiger partial charge in [0, 0.05) is 67.8 Å². The Bertz CT molecular complexity index is 1410. The summed E-state index contributed by atoms with van der Waals surface area (Å²) >= 11 is 6.45. The highest BCUT2D eigenvalue weighted by molar-refractivity contribution is 6.31. The van der Waals surface area contributed by atoms with Gasteiger partial charge in [0.15, 0.2) is 0 Å². The van der Waals surface area contributed by atoms with Crippen LogP contribution in [0.3, 0.4) is 0 Å². The van der Waals surface area contributed by atoms with Gasteiger partial charge in [0.1, 0.15) is 5.69 Å². The zero-order valence-corrected chi connectivity index (χ0v) is 24.3. The zero-order valence-electron chi connectivity index (χ0n) is 23.5. The van der Waals surface area contributed by atoms with E-state index in [1.165, 1.54) is 49.3 Å². The van der Waals surface area contributed by atoms with Crippen molar-refractivity contribution in [2.45, 2.75) is 51.2 Å². The van der Waals surface area contributed by atoms with Gasteiger partial charge in [-0.1, -0.05) is 29.8 Å². The predicted molar refractivity (Wildman–Crippen MR) is 158 cm³/mol. The summed E-state index contributed by atoms with van der Waals surface area (Å²) in [6.07, 6.45) is 2.69. The lowest BCUT2D eigenvalue weighted by Crippen LogP contribution is -2.47. The van der Waals surface area contributed by atoms with Crippen LogP contribution in [0, 0.1) is 18.3 Å². The van der Waals surface area contributed by atoms with Crippen molar-refractivity contribution in [2.24, 2.45) is 11.3 Å². The molecule has 41 heavy (non-hydrogen) atoms. The minimum atomic E-state index is -4.44. The van der Waals surface area contributed by atoms with Gasteiger partial charge in [-0.25, -0.2) is 0 Å². The lowest BCUT2D eigenvalue weighted by Gasteiger charge is -2.37. The molecule has 2 atom stereocenters. The van der Waals surface area contributed by atoms with Gasteiger partial charge in [-0.15, -0.1) is 0 Å². The predicted octanol–water partition coefficient (Wildman–Crippen LogP) is 7.29. The van der Waals surface area contributed by atoms with Crippen molar-refractivity contribution in [3.05, 3.63) is 64.9 Å². The molecule has 1 aromatic heterocycles. The highest BCUT2D eigenvalue weighted by Gasteiger charge is 2.62. The smallest absolute Gasteiger partial charge is 0.369 e. The van der Waals surface area contributed by atoms with Gasteiger partial charge in [0.25, 0.3) is 0 Å². The van der Waals surface area contributed by atoms with Gasteiger partial charge in [-0.3, -0.25) is 9.58 Å². The minimum absolute atomic E-state index is 0.161. The normalized spacial score (nSPS) is 24.2. The molecule has 2 unspecified atom stereocenters. The van der Waals surface area contributed by atoms with Crippen molar-refractivity contribution in [3.8, 4) is 11.1 Å². The number of piperazine rings is 1. The molecule has 0 bridgehead atoms. The van der Waals surface area contributed by atoms with E-state index < -0.39 is 11.9 Å². The van der Waals surface area contributed by atoms with Gasteiger partial charge < -0.3 is 9.80 Å². The molecule has 4 aliphatic rings. The number of aryl methyl sites for hydroxylation is 1. The van der Waals surface area contributed by atoms with Gasteiger partial charge in [-0.05, 0) is 85.8 Å². The first-order valence-electron chi connectivity index (χ1n) is 14.9. The highest BCUT2D eigenvalue weighted by atomic mass is 35.5. The quantitative estimate of drug-likeness (QED) is 0.304. The highest BCUT2D eigenvalue weighted by Crippen LogP contribution is 2.70. The number of aromatic nitrogens is 2. The van der Waals surface area contributed by atoms with E-state index in [-0.39, 0.29) is 11.6 Å². The van der Waals surface area contributed by atoms with E-state index in [0.29, 0.717) is 18.0 Å². The molecule has 4 fully saturated rings. The van der Waals surface area contributed by atoms with Crippen LogP contribution in [0.15, 0.2) is 48.7 Å². The number of hydrogen-bond acceptors (Lipinski definition) is 4. The SMILES string of the molecule is Cc1cnn(C2CCCN(c3cc(Cl)ccc3-c3ccc(N4CCN(CC5CC56CC6)CC4)cc3)C2)c1C(F)(F)F. The molecule has 5 nitrogen and oxygen atoms in total. The first kappa shape index (κ1) is 27.1. The molecule has 1 spiro atoms. The van der Waals surface area contributed by atoms with Crippen molar-refractivity contribution in [2.75, 3.05) is 55.6 Å². The number of piperidine rings is 1. The number of nitrogens with zero attached hydrogens (tertiary/aromatic N) is 5. The Morgan fingerprint density at radius 3 is 2.41 bits per heavy atom. The summed E-state index contributed by atoms with van der Waals surface area (Å²) in [5.74, 6) is 0.951. The first-order chi connectivity index (χ1) is 19.7. The monoisotopic (exact) mass is 583 g/mol. The maximum Gasteiger partial charge on any atom is 0.433 e. The van der Waals surface area contributed by atoms with E-state index in [2.05, 4.69) is 44.1 Å². The Morgan fingerprint density at radius 1 is 0.976 bits per heavy atom. The standard InChI is InChI=1S/C32H37ClF3N5/c1-22-19-37-41(30(22)32(34,35)36)27-3-2-12-40(21-27)29-17-25(33)6-9-28(29)23-4-7-26(8-5-23)39-15-13-38(14-16-39)20-24-18-31(24)10-11-31/h4-9,17,19,24,27H,2-3,10-16,18,20-21H2,1H3. The molecule has 7 rings (SSSR count). The number of benzene rings is 2. The summed E-state index contributed by atoms with van der Waals surface area (Å²) in [7, 11) is 0. The Morgan fingerprint density at radius 2 is 1.73 bits per heavy atom. The van der Waals surface area contributed by atoms with Crippen LogP contribution in [0.1, 0.15) is 49.4 Å². The second-order valence-corrected chi connectivity index (χ2v) is 13.1. The van der Waals surface area contributed by atoms with Crippen LogP contribution < -0.4 is 9.80 Å². The Hall–Kier alpha value is -2.71. The lowest BCUT2D eigenvalue weighted by atomic mass is 9.99. The summed E-state index contributed by atoms with van der Waals surface area (Å²) < 4.78 is 42.7. The van der Waals surface area contributed by atoms with Gasteiger partial charge in [0.05, 0.1) is 12.2 Å². The number of halogens is 4. The Kier molecular flexibility index (Phi) is 6.77. The summed E-state index contributed by atoms with van der Waals surface area (Å²) in [6.45, 7) is 8.30. The third-order valence-electron chi connectivity index (χ3n) is 9.94. The third-order valence-corrected chi connectivity index (χ3v) is 10.2. The van der Waals surface area contributed by atoms with Gasteiger partial charge >= 0.3 is 6.18 Å². The molecular weight excluding hydrogens is 547 g/mol. The zero-order chi connectivity index (χ0) is 28.4. The molecule has 218 valence electrons. The Balaban J connectivity index is 1.06. The van der Waals surface area contributed by atoms with E-state index in [9.17, 15) is 13.2 Å². The van der Waals surface area contributed by atoms with E-state index in [0.717, 1.165) is 67.3 Å². The van der Waals surface area contributed by atoms with Crippen LogP contribution in [0.25, 0.3) is 11.1 Å². The van der Waals surface area contributed by atoms with Gasteiger partial charge in [0.2, 0.25) is 0 Å². The molecule has 2 aromatic carbocycles. The van der Waals surface area contributed by atoms with E-state index in [4.69, 9.17) is 11.6 Å². The van der Waals surface area contributed by atoms with Crippen LogP contribution in [0.4, 0.5) is 24.5 Å². The van der Waals surface area contributed by atoms with E-state index in [1.54, 1.807) is 0 Å². The average molecular weight is 584 g/mol. The van der Waals surface area contributed by atoms with E-state index >= 15 is 0 Å². The number of hydrogen-bond donors (Lipinski definition) is 0. The average Bonchev–Trinajstić information content (AvgIpc) is 3.85. The summed E-state index contributed by atoms with van der Waals surface area (Å²) in [4.78, 5) is 7.30. The first-order valence-corrected chi connectivity index (χ1v) is 15.3. The van der Waals surface area contributed by atoms with Crippen molar-refractivity contribution < 1.29 is 13.2 Å². The molecule has 0 radical (unpaired) electrons. The summed E-state index contributed by atoms with van der Waals surface area (Å²) in [6, 6.07) is 14.2. The van der Waals surface area contributed by atoms with Crippen LogP contribution in [-0.2, 0) is 6.18 Å². The number of anilines is 2. The largest absolute Gasteiger partial charge is 0.433 e. The minimum Gasteiger partial charge on any atom is -0.369 e. The fourth-order valence-electron chi connectivity index (χ4n) is 7.28. The molecule has 3 aromatic rings. The third kappa shape index (κ3) is 5.34. The number of alkyl halides is 3. The van der Waals surface area contributed by atoms with E-state index in [1.807, 2.05) is 18.2 Å². The van der Waals surface area contributed by atoms with Crippen LogP contribution in [-0.4, -0.2) is 60.5 Å². The van der Waals surface area contributed by atoms with Crippen molar-refractivity contribution in [1.29, 1.82) is 0 Å². The summed E-state index contributed by atoms with van der Waals surface area (Å²) in [5.41, 5.74) is 4.59. The molecule has 3 heterocycles. The Labute approximate surface area is 244 Å². The molecule has 2 aliphatic carbocycles. The molecule has 2 aliphatic heterocycles. The molecule has 9 heteroatoms. The lowest BCUT2D eigenvalue weighted by molar-refractivity contribution is -0.145. The van der Waals surface area contributed by atoms with Gasteiger partial charge in [-0.2, -0.15) is 18.3 Å². The molecule has 0 amide bonds. The maximum absolute atomic E-state index is 13.8.